The number of hydrogen-bond donors (Lipinski definition) is 2. The molecule has 0 aliphatic heterocycles. The van der Waals surface area contributed by atoms with Crippen molar-refractivity contribution in [1.82, 2.24) is 0 Å². The number of benzene rings is 2. The molecule has 0 saturated heterocycles. The summed E-state index contributed by atoms with van der Waals surface area (Å²) in [5.41, 5.74) is -0.145. The maximum atomic E-state index is 12.6. The summed E-state index contributed by atoms with van der Waals surface area (Å²) in [5, 5.41) is 9.88. The van der Waals surface area contributed by atoms with E-state index in [-0.39, 0.29) is 21.2 Å². The highest BCUT2D eigenvalue weighted by Gasteiger charge is 2.23. The summed E-state index contributed by atoms with van der Waals surface area (Å²) in [4.78, 5) is 11.3. The van der Waals surface area contributed by atoms with Crippen molar-refractivity contribution in [3.8, 4) is 11.5 Å². The fraction of sp³-hybridized carbons (Fsp3) is 0.188. The number of nitrogens with one attached hydrogen (secondary N) is 1. The molecule has 2 N–H and O–H groups in total. The largest absolute Gasteiger partial charge is 0.505 e. The maximum Gasteiger partial charge on any atom is 0.387 e. The normalized spacial score (nSPS) is 11.3. The van der Waals surface area contributed by atoms with Gasteiger partial charge in [0.15, 0.2) is 5.75 Å². The molecule has 11 heteroatoms. The number of anilines is 1. The smallest absolute Gasteiger partial charge is 0.387 e. The monoisotopic (exact) mass is 421 g/mol. The van der Waals surface area contributed by atoms with Crippen molar-refractivity contribution in [2.45, 2.75) is 18.4 Å². The van der Waals surface area contributed by atoms with Crippen LogP contribution in [0.1, 0.15) is 15.9 Å². The number of carbonyl (C=O) groups is 1. The third-order valence-corrected chi connectivity index (χ3v) is 5.10. The molecule has 0 aliphatic carbocycles. The number of aromatic hydroxyl groups is 1. The third-order valence-electron chi connectivity index (χ3n) is 3.46. The molecule has 2 rings (SSSR count). The van der Waals surface area contributed by atoms with Crippen molar-refractivity contribution in [2.75, 3.05) is 11.8 Å². The van der Waals surface area contributed by atoms with Crippen molar-refractivity contribution >= 4 is 33.3 Å². The van der Waals surface area contributed by atoms with Crippen LogP contribution in [0.2, 0.25) is 5.02 Å². The Kier molecular flexibility index (Phi) is 6.11. The van der Waals surface area contributed by atoms with Crippen LogP contribution >= 0.6 is 11.6 Å². The van der Waals surface area contributed by atoms with E-state index in [0.717, 1.165) is 25.3 Å². The number of aryl methyl sites for hydroxylation is 1. The summed E-state index contributed by atoms with van der Waals surface area (Å²) in [6.45, 7) is -1.62. The van der Waals surface area contributed by atoms with Gasteiger partial charge in [-0.2, -0.15) is 8.78 Å². The summed E-state index contributed by atoms with van der Waals surface area (Å²) in [7, 11) is -3.16. The Bertz CT molecular complexity index is 981. The molecule has 0 heterocycles. The van der Waals surface area contributed by atoms with Crippen LogP contribution in [0.4, 0.5) is 14.5 Å². The zero-order valence-corrected chi connectivity index (χ0v) is 15.6. The van der Waals surface area contributed by atoms with E-state index in [9.17, 15) is 27.1 Å². The summed E-state index contributed by atoms with van der Waals surface area (Å²) < 4.78 is 60.5. The zero-order valence-electron chi connectivity index (χ0n) is 14.0. The molecule has 0 fully saturated rings. The van der Waals surface area contributed by atoms with E-state index in [0.29, 0.717) is 5.56 Å². The summed E-state index contributed by atoms with van der Waals surface area (Å²) in [5.74, 6) is -1.86. The van der Waals surface area contributed by atoms with Gasteiger partial charge in [-0.25, -0.2) is 13.2 Å². The number of halogens is 3. The second kappa shape index (κ2) is 7.97. The number of hydrogen-bond acceptors (Lipinski definition) is 6. The van der Waals surface area contributed by atoms with Crippen molar-refractivity contribution < 1.29 is 36.6 Å². The molecule has 0 radical (unpaired) electrons. The fourth-order valence-electron chi connectivity index (χ4n) is 2.13. The number of phenolic OH excluding ortho intramolecular Hbond substituents is 1. The topological polar surface area (TPSA) is 102 Å². The molecule has 2 aromatic rings. The first-order chi connectivity index (χ1) is 12.6. The highest BCUT2D eigenvalue weighted by atomic mass is 35.5. The number of methoxy groups -OCH3 is 1. The van der Waals surface area contributed by atoms with Gasteiger partial charge in [-0.15, -0.1) is 0 Å². The molecular formula is C16H14ClF2NO6S. The molecule has 0 aliphatic rings. The zero-order chi connectivity index (χ0) is 20.4. The lowest BCUT2D eigenvalue weighted by Crippen LogP contribution is -2.15. The quantitative estimate of drug-likeness (QED) is 0.546. The lowest BCUT2D eigenvalue weighted by molar-refractivity contribution is -0.0498. The van der Waals surface area contributed by atoms with Gasteiger partial charge in [0.1, 0.15) is 11.3 Å². The van der Waals surface area contributed by atoms with E-state index in [4.69, 9.17) is 11.6 Å². The van der Waals surface area contributed by atoms with Gasteiger partial charge in [-0.1, -0.05) is 17.7 Å². The first kappa shape index (κ1) is 20.7. The van der Waals surface area contributed by atoms with Crippen LogP contribution in [-0.2, 0) is 14.8 Å². The Labute approximate surface area is 158 Å². The Balaban J connectivity index is 2.42. The molecule has 2 aromatic carbocycles. The van der Waals surface area contributed by atoms with Gasteiger partial charge in [0.2, 0.25) is 0 Å². The predicted octanol–water partition coefficient (Wildman–Crippen LogP) is 3.54. The van der Waals surface area contributed by atoms with Crippen LogP contribution in [0.5, 0.6) is 11.5 Å². The second-order valence-corrected chi connectivity index (χ2v) is 7.31. The SMILES string of the molecule is COC(=O)c1ccc(C)c(NS(=O)(=O)c2ccc(OC(F)F)c(Cl)c2)c1O. The second-order valence-electron chi connectivity index (χ2n) is 5.22. The van der Waals surface area contributed by atoms with E-state index < -0.39 is 34.1 Å². The van der Waals surface area contributed by atoms with Crippen molar-refractivity contribution in [2.24, 2.45) is 0 Å². The number of rotatable bonds is 6. The fourth-order valence-corrected chi connectivity index (χ4v) is 3.58. The van der Waals surface area contributed by atoms with Crippen molar-refractivity contribution in [3.05, 3.63) is 46.5 Å². The number of phenols is 1. The number of alkyl halides is 2. The van der Waals surface area contributed by atoms with Crippen LogP contribution in [0.3, 0.4) is 0 Å². The van der Waals surface area contributed by atoms with Crippen LogP contribution in [-0.4, -0.2) is 33.2 Å². The van der Waals surface area contributed by atoms with E-state index >= 15 is 0 Å². The van der Waals surface area contributed by atoms with Gasteiger partial charge < -0.3 is 14.6 Å². The first-order valence-electron chi connectivity index (χ1n) is 7.25. The van der Waals surface area contributed by atoms with Crippen molar-refractivity contribution in [3.63, 3.8) is 0 Å². The standard InChI is InChI=1S/C16H14ClF2NO6S/c1-8-3-5-10(15(22)25-2)14(21)13(8)20-27(23,24)9-4-6-12(11(17)7-9)26-16(18)19/h3-7,16,20-21H,1-2H3. The van der Waals surface area contributed by atoms with Crippen LogP contribution in [0.25, 0.3) is 0 Å². The summed E-state index contributed by atoms with van der Waals surface area (Å²) in [6, 6.07) is 5.58. The Morgan fingerprint density at radius 1 is 1.26 bits per heavy atom. The molecule has 0 spiro atoms. The van der Waals surface area contributed by atoms with Crippen molar-refractivity contribution in [1.29, 1.82) is 0 Å². The van der Waals surface area contributed by atoms with Gasteiger partial charge in [0, 0.05) is 0 Å². The average Bonchev–Trinajstić information content (AvgIpc) is 2.59. The van der Waals surface area contributed by atoms with Gasteiger partial charge in [0.05, 0.1) is 22.7 Å². The summed E-state index contributed by atoms with van der Waals surface area (Å²) in [6.07, 6.45) is 0. The Morgan fingerprint density at radius 2 is 1.93 bits per heavy atom. The van der Waals surface area contributed by atoms with Crippen LogP contribution in [0.15, 0.2) is 35.2 Å². The lowest BCUT2D eigenvalue weighted by atomic mass is 10.1. The van der Waals surface area contributed by atoms with Gasteiger partial charge in [-0.3, -0.25) is 4.72 Å². The minimum atomic E-state index is -4.26. The molecule has 146 valence electrons. The number of carbonyl (C=O) groups excluding carboxylic acids is 1. The average molecular weight is 422 g/mol. The first-order valence-corrected chi connectivity index (χ1v) is 9.11. The molecule has 0 saturated carbocycles. The molecule has 0 amide bonds. The Morgan fingerprint density at radius 3 is 2.48 bits per heavy atom. The number of esters is 1. The molecule has 0 aromatic heterocycles. The highest BCUT2D eigenvalue weighted by molar-refractivity contribution is 7.92. The molecule has 7 nitrogen and oxygen atoms in total. The predicted molar refractivity (Wildman–Crippen MR) is 93.1 cm³/mol. The highest BCUT2D eigenvalue weighted by Crippen LogP contribution is 2.34. The summed E-state index contributed by atoms with van der Waals surface area (Å²) >= 11 is 5.77. The van der Waals surface area contributed by atoms with Crippen LogP contribution in [0, 0.1) is 6.92 Å². The van der Waals surface area contributed by atoms with Gasteiger partial charge in [-0.05, 0) is 36.8 Å². The lowest BCUT2D eigenvalue weighted by Gasteiger charge is -2.15. The third kappa shape index (κ3) is 4.58. The van der Waals surface area contributed by atoms with E-state index in [1.54, 1.807) is 0 Å². The molecule has 0 unspecified atom stereocenters. The maximum absolute atomic E-state index is 12.6. The van der Waals surface area contributed by atoms with E-state index in [2.05, 4.69) is 14.2 Å². The Hall–Kier alpha value is -2.59. The van der Waals surface area contributed by atoms with Gasteiger partial charge in [0.25, 0.3) is 10.0 Å². The molecular weight excluding hydrogens is 408 g/mol. The number of ether oxygens (including phenoxy) is 2. The van der Waals surface area contributed by atoms with Gasteiger partial charge >= 0.3 is 12.6 Å². The molecule has 0 bridgehead atoms. The van der Waals surface area contributed by atoms with Crippen LogP contribution < -0.4 is 9.46 Å². The minimum absolute atomic E-state index is 0.234. The molecule has 27 heavy (non-hydrogen) atoms. The number of sulfonamides is 1. The van der Waals surface area contributed by atoms with E-state index in [1.807, 2.05) is 0 Å². The van der Waals surface area contributed by atoms with E-state index in [1.165, 1.54) is 19.1 Å². The minimum Gasteiger partial charge on any atom is -0.505 e. The molecule has 0 atom stereocenters.